The first kappa shape index (κ1) is 24.0. The van der Waals surface area contributed by atoms with Crippen LogP contribution in [0.2, 0.25) is 0 Å². The Morgan fingerprint density at radius 3 is 1.79 bits per heavy atom. The van der Waals surface area contributed by atoms with Gasteiger partial charge in [0.25, 0.3) is 19.7 Å². The molecular weight excluding hydrogens is 444 g/mol. The van der Waals surface area contributed by atoms with E-state index in [9.17, 15) is 48.0 Å². The minimum absolute atomic E-state index is 0.155. The molecule has 0 aliphatic rings. The summed E-state index contributed by atoms with van der Waals surface area (Å²) in [6, 6.07) is 7.30. The molecule has 0 heterocycles. The summed E-state index contributed by atoms with van der Waals surface area (Å²) in [6.07, 6.45) is -5.06. The van der Waals surface area contributed by atoms with Crippen molar-refractivity contribution in [3.05, 3.63) is 30.3 Å². The standard InChI is InChI=1S/C13H13F6NO6S2/c1-8(26-11(21)20-9-5-3-2-4-6-9)7-10(27(22,23)12(14,15)16)28(24,25)13(17,18)19/h2-6,8,10H,7H2,1H3,(H,20,21). The second kappa shape index (κ2) is 8.14. The summed E-state index contributed by atoms with van der Waals surface area (Å²) in [5, 5.41) is 2.08. The van der Waals surface area contributed by atoms with Crippen LogP contribution in [0.4, 0.5) is 36.8 Å². The molecule has 0 aliphatic heterocycles. The van der Waals surface area contributed by atoms with Crippen molar-refractivity contribution >= 4 is 31.5 Å². The number of anilines is 1. The van der Waals surface area contributed by atoms with Crippen LogP contribution in [0.25, 0.3) is 0 Å². The fourth-order valence-corrected chi connectivity index (χ4v) is 5.52. The van der Waals surface area contributed by atoms with E-state index in [1.54, 1.807) is 6.07 Å². The Bertz CT molecular complexity index is 852. The molecule has 0 fully saturated rings. The molecule has 160 valence electrons. The first-order chi connectivity index (χ1) is 12.5. The number of halogens is 6. The molecule has 1 aromatic carbocycles. The van der Waals surface area contributed by atoms with E-state index in [1.165, 1.54) is 24.3 Å². The molecule has 1 N–H and O–H groups in total. The summed E-state index contributed by atoms with van der Waals surface area (Å²) >= 11 is 0. The number of carbonyl (C=O) groups is 1. The van der Waals surface area contributed by atoms with Crippen molar-refractivity contribution in [2.75, 3.05) is 5.32 Å². The van der Waals surface area contributed by atoms with Gasteiger partial charge in [-0.05, 0) is 19.1 Å². The van der Waals surface area contributed by atoms with Crippen molar-refractivity contribution in [1.82, 2.24) is 0 Å². The summed E-state index contributed by atoms with van der Waals surface area (Å²) in [6.45, 7) is 0.745. The molecule has 1 atom stereocenters. The van der Waals surface area contributed by atoms with E-state index in [0.717, 1.165) is 6.92 Å². The Hall–Kier alpha value is -2.03. The van der Waals surface area contributed by atoms with Crippen molar-refractivity contribution in [1.29, 1.82) is 0 Å². The lowest BCUT2D eigenvalue weighted by Gasteiger charge is -2.23. The largest absolute Gasteiger partial charge is 0.498 e. The normalized spacial score (nSPS) is 14.6. The maximum absolute atomic E-state index is 12.7. The second-order valence-corrected chi connectivity index (χ2v) is 9.90. The van der Waals surface area contributed by atoms with Gasteiger partial charge in [-0.25, -0.2) is 21.6 Å². The topological polar surface area (TPSA) is 107 Å². The first-order valence-corrected chi connectivity index (χ1v) is 10.2. The molecule has 1 aromatic rings. The highest BCUT2D eigenvalue weighted by atomic mass is 32.3. The first-order valence-electron chi connectivity index (χ1n) is 7.13. The number of rotatable bonds is 6. The zero-order valence-electron chi connectivity index (χ0n) is 13.8. The van der Waals surface area contributed by atoms with Gasteiger partial charge < -0.3 is 4.74 Å². The van der Waals surface area contributed by atoms with E-state index < -0.39 is 53.9 Å². The monoisotopic (exact) mass is 457 g/mol. The predicted octanol–water partition coefficient (Wildman–Crippen LogP) is 3.21. The van der Waals surface area contributed by atoms with Gasteiger partial charge in [0.15, 0.2) is 4.58 Å². The van der Waals surface area contributed by atoms with Crippen molar-refractivity contribution < 1.29 is 52.7 Å². The minimum Gasteiger partial charge on any atom is -0.446 e. The lowest BCUT2D eigenvalue weighted by atomic mass is 10.3. The van der Waals surface area contributed by atoms with Crippen molar-refractivity contribution in [3.8, 4) is 0 Å². The molecule has 0 spiro atoms. The maximum atomic E-state index is 12.7. The number of hydrogen-bond donors (Lipinski definition) is 1. The Balaban J connectivity index is 3.09. The summed E-state index contributed by atoms with van der Waals surface area (Å²) in [4.78, 5) is 11.6. The van der Waals surface area contributed by atoms with Gasteiger partial charge in [-0.2, -0.15) is 26.3 Å². The Morgan fingerprint density at radius 1 is 0.964 bits per heavy atom. The van der Waals surface area contributed by atoms with E-state index >= 15 is 0 Å². The summed E-state index contributed by atoms with van der Waals surface area (Å²) in [5.74, 6) is 0. The van der Waals surface area contributed by atoms with Gasteiger partial charge in [-0.15, -0.1) is 0 Å². The molecule has 1 rings (SSSR count). The maximum Gasteiger partial charge on any atom is 0.498 e. The van der Waals surface area contributed by atoms with Gasteiger partial charge >= 0.3 is 17.1 Å². The number of alkyl halides is 6. The van der Waals surface area contributed by atoms with Gasteiger partial charge in [-0.1, -0.05) is 18.2 Å². The highest BCUT2D eigenvalue weighted by molar-refractivity contribution is 8.09. The van der Waals surface area contributed by atoms with Crippen LogP contribution in [0.3, 0.4) is 0 Å². The minimum atomic E-state index is -6.79. The molecule has 7 nitrogen and oxygen atoms in total. The number of sulfone groups is 2. The number of amides is 1. The van der Waals surface area contributed by atoms with Gasteiger partial charge in [0, 0.05) is 12.1 Å². The SMILES string of the molecule is CC(CC(S(=O)(=O)C(F)(F)F)S(=O)(=O)C(F)(F)F)OC(=O)Nc1ccccc1. The quantitative estimate of drug-likeness (QED) is 0.658. The molecule has 0 saturated heterocycles. The number of ether oxygens (including phenoxy) is 1. The number of para-hydroxylation sites is 1. The van der Waals surface area contributed by atoms with Crippen molar-refractivity contribution in [3.63, 3.8) is 0 Å². The third-order valence-corrected chi connectivity index (χ3v) is 7.77. The average molecular weight is 457 g/mol. The average Bonchev–Trinajstić information content (AvgIpc) is 2.50. The van der Waals surface area contributed by atoms with Crippen LogP contribution >= 0.6 is 0 Å². The summed E-state index contributed by atoms with van der Waals surface area (Å²) in [5.41, 5.74) is -12.4. The van der Waals surface area contributed by atoms with E-state index in [4.69, 9.17) is 0 Å². The van der Waals surface area contributed by atoms with E-state index in [0.29, 0.717) is 0 Å². The number of nitrogens with one attached hydrogen (secondary N) is 1. The van der Waals surface area contributed by atoms with Gasteiger partial charge in [0.2, 0.25) is 0 Å². The second-order valence-electron chi connectivity index (χ2n) is 5.35. The molecule has 0 bridgehead atoms. The van der Waals surface area contributed by atoms with Gasteiger partial charge in [0.1, 0.15) is 6.10 Å². The fourth-order valence-electron chi connectivity index (χ4n) is 1.89. The Kier molecular flexibility index (Phi) is 6.98. The van der Waals surface area contributed by atoms with E-state index in [1.807, 2.05) is 0 Å². The van der Waals surface area contributed by atoms with Crippen LogP contribution in [0.1, 0.15) is 13.3 Å². The smallest absolute Gasteiger partial charge is 0.446 e. The Labute approximate surface area is 155 Å². The number of carbonyl (C=O) groups excluding carboxylic acids is 1. The molecule has 1 unspecified atom stereocenters. The highest BCUT2D eigenvalue weighted by Gasteiger charge is 2.63. The summed E-state index contributed by atoms with van der Waals surface area (Å²) in [7, 11) is -13.6. The molecule has 28 heavy (non-hydrogen) atoms. The molecule has 0 saturated carbocycles. The third kappa shape index (κ3) is 5.50. The van der Waals surface area contributed by atoms with E-state index in [-0.39, 0.29) is 5.69 Å². The zero-order chi connectivity index (χ0) is 22.0. The van der Waals surface area contributed by atoms with Crippen LogP contribution in [-0.2, 0) is 24.4 Å². The van der Waals surface area contributed by atoms with Crippen LogP contribution in [0, 0.1) is 0 Å². The van der Waals surface area contributed by atoms with Crippen LogP contribution in [-0.4, -0.2) is 44.6 Å². The molecule has 15 heteroatoms. The van der Waals surface area contributed by atoms with Gasteiger partial charge in [0.05, 0.1) is 0 Å². The van der Waals surface area contributed by atoms with Crippen LogP contribution in [0.15, 0.2) is 30.3 Å². The van der Waals surface area contributed by atoms with Crippen LogP contribution < -0.4 is 5.32 Å². The molecule has 0 aliphatic carbocycles. The van der Waals surface area contributed by atoms with E-state index in [2.05, 4.69) is 10.1 Å². The molecular formula is C13H13F6NO6S2. The molecule has 0 aromatic heterocycles. The van der Waals surface area contributed by atoms with Crippen molar-refractivity contribution in [2.45, 2.75) is 35.0 Å². The van der Waals surface area contributed by atoms with Crippen LogP contribution in [0.5, 0.6) is 0 Å². The lowest BCUT2D eigenvalue weighted by molar-refractivity contribution is -0.0476. The molecule has 1 amide bonds. The van der Waals surface area contributed by atoms with Crippen molar-refractivity contribution in [2.24, 2.45) is 0 Å². The predicted molar refractivity (Wildman–Crippen MR) is 84.4 cm³/mol. The third-order valence-electron chi connectivity index (χ3n) is 3.19. The Morgan fingerprint density at radius 2 is 1.39 bits per heavy atom. The fraction of sp³-hybridized carbons (Fsp3) is 0.462. The number of hydrogen-bond acceptors (Lipinski definition) is 6. The zero-order valence-corrected chi connectivity index (χ0v) is 15.4. The molecule has 0 radical (unpaired) electrons. The number of benzene rings is 1. The lowest BCUT2D eigenvalue weighted by Crippen LogP contribution is -2.46. The summed E-state index contributed by atoms with van der Waals surface area (Å²) < 4.78 is 122. The highest BCUT2D eigenvalue weighted by Crippen LogP contribution is 2.38. The van der Waals surface area contributed by atoms with Gasteiger partial charge in [-0.3, -0.25) is 5.32 Å².